The molecule has 1 amide bonds. The Bertz CT molecular complexity index is 474. The van der Waals surface area contributed by atoms with Crippen LogP contribution in [0.2, 0.25) is 5.02 Å². The normalized spacial score (nSPS) is 11.9. The predicted octanol–water partition coefficient (Wildman–Crippen LogP) is 3.02. The highest BCUT2D eigenvalue weighted by molar-refractivity contribution is 6.31. The van der Waals surface area contributed by atoms with E-state index in [-0.39, 0.29) is 18.4 Å². The molecule has 0 aromatic heterocycles. The van der Waals surface area contributed by atoms with Crippen LogP contribution in [0, 0.1) is 6.92 Å². The molecule has 104 valence electrons. The molecule has 0 saturated carbocycles. The Kier molecular flexibility index (Phi) is 5.83. The van der Waals surface area contributed by atoms with Crippen molar-refractivity contribution in [3.05, 3.63) is 34.3 Å². The van der Waals surface area contributed by atoms with Crippen LogP contribution < -0.4 is 5.32 Å². The van der Waals surface area contributed by atoms with Crippen molar-refractivity contribution >= 4 is 23.5 Å². The van der Waals surface area contributed by atoms with Crippen LogP contribution in [-0.2, 0) is 4.79 Å². The zero-order valence-electron chi connectivity index (χ0n) is 11.1. The second-order valence-electron chi connectivity index (χ2n) is 4.47. The summed E-state index contributed by atoms with van der Waals surface area (Å²) in [5.74, 6) is -1.19. The monoisotopic (exact) mass is 283 g/mol. The molecule has 1 rings (SSSR count). The van der Waals surface area contributed by atoms with E-state index >= 15 is 0 Å². The first kappa shape index (κ1) is 15.5. The van der Waals surface area contributed by atoms with Gasteiger partial charge in [-0.2, -0.15) is 0 Å². The van der Waals surface area contributed by atoms with Gasteiger partial charge in [-0.15, -0.1) is 0 Å². The van der Waals surface area contributed by atoms with Crippen LogP contribution in [0.1, 0.15) is 42.1 Å². The minimum atomic E-state index is -0.915. The number of hydrogen-bond donors (Lipinski definition) is 2. The van der Waals surface area contributed by atoms with E-state index in [0.29, 0.717) is 22.6 Å². The SMILES string of the molecule is CCCC(CC(=O)O)NC(=O)c1cccc(Cl)c1C. The average molecular weight is 284 g/mol. The van der Waals surface area contributed by atoms with Crippen molar-refractivity contribution in [2.75, 3.05) is 0 Å². The van der Waals surface area contributed by atoms with Crippen molar-refractivity contribution in [1.29, 1.82) is 0 Å². The Hall–Kier alpha value is -1.55. The number of carboxylic acids is 1. The maximum Gasteiger partial charge on any atom is 0.305 e. The van der Waals surface area contributed by atoms with Gasteiger partial charge in [-0.3, -0.25) is 9.59 Å². The number of carbonyl (C=O) groups excluding carboxylic acids is 1. The fourth-order valence-electron chi connectivity index (χ4n) is 1.90. The van der Waals surface area contributed by atoms with Gasteiger partial charge in [0, 0.05) is 16.6 Å². The third kappa shape index (κ3) is 4.56. The van der Waals surface area contributed by atoms with E-state index in [9.17, 15) is 9.59 Å². The molecule has 0 heterocycles. The van der Waals surface area contributed by atoms with Crippen LogP contribution >= 0.6 is 11.6 Å². The third-order valence-electron chi connectivity index (χ3n) is 2.91. The fraction of sp³-hybridized carbons (Fsp3) is 0.429. The van der Waals surface area contributed by atoms with Crippen LogP contribution in [0.5, 0.6) is 0 Å². The highest BCUT2D eigenvalue weighted by Gasteiger charge is 2.17. The molecule has 0 radical (unpaired) electrons. The van der Waals surface area contributed by atoms with Crippen LogP contribution in [-0.4, -0.2) is 23.0 Å². The molecule has 0 bridgehead atoms. The highest BCUT2D eigenvalue weighted by Crippen LogP contribution is 2.19. The molecule has 0 saturated heterocycles. The van der Waals surface area contributed by atoms with E-state index in [0.717, 1.165) is 6.42 Å². The van der Waals surface area contributed by atoms with E-state index in [1.807, 2.05) is 6.92 Å². The third-order valence-corrected chi connectivity index (χ3v) is 3.32. The van der Waals surface area contributed by atoms with Gasteiger partial charge in [0.2, 0.25) is 0 Å². The number of halogens is 1. The Labute approximate surface area is 117 Å². The lowest BCUT2D eigenvalue weighted by Crippen LogP contribution is -2.36. The summed E-state index contributed by atoms with van der Waals surface area (Å²) in [5.41, 5.74) is 1.19. The quantitative estimate of drug-likeness (QED) is 0.843. The standard InChI is InChI=1S/C14H18ClNO3/c1-3-5-10(8-13(17)18)16-14(19)11-6-4-7-12(15)9(11)2/h4,6-7,10H,3,5,8H2,1-2H3,(H,16,19)(H,17,18). The molecular formula is C14H18ClNO3. The van der Waals surface area contributed by atoms with Gasteiger partial charge in [0.05, 0.1) is 6.42 Å². The Morgan fingerprint density at radius 1 is 1.42 bits per heavy atom. The molecule has 1 aromatic rings. The number of rotatable bonds is 6. The van der Waals surface area contributed by atoms with Crippen LogP contribution in [0.4, 0.5) is 0 Å². The lowest BCUT2D eigenvalue weighted by Gasteiger charge is -2.17. The second kappa shape index (κ2) is 7.14. The van der Waals surface area contributed by atoms with Gasteiger partial charge in [-0.05, 0) is 31.0 Å². The summed E-state index contributed by atoms with van der Waals surface area (Å²) in [6.07, 6.45) is 1.38. The van der Waals surface area contributed by atoms with E-state index < -0.39 is 5.97 Å². The molecule has 1 unspecified atom stereocenters. The second-order valence-corrected chi connectivity index (χ2v) is 4.88. The summed E-state index contributed by atoms with van der Waals surface area (Å²) >= 11 is 5.97. The van der Waals surface area contributed by atoms with E-state index in [4.69, 9.17) is 16.7 Å². The number of amides is 1. The zero-order chi connectivity index (χ0) is 14.4. The Morgan fingerprint density at radius 3 is 2.68 bits per heavy atom. The maximum atomic E-state index is 12.1. The van der Waals surface area contributed by atoms with Crippen LogP contribution in [0.3, 0.4) is 0 Å². The maximum absolute atomic E-state index is 12.1. The van der Waals surface area contributed by atoms with Gasteiger partial charge < -0.3 is 10.4 Å². The number of benzene rings is 1. The van der Waals surface area contributed by atoms with Crippen molar-refractivity contribution < 1.29 is 14.7 Å². The van der Waals surface area contributed by atoms with Gasteiger partial charge in [0.15, 0.2) is 0 Å². The molecule has 2 N–H and O–H groups in total. The summed E-state index contributed by atoms with van der Waals surface area (Å²) in [6, 6.07) is 4.75. The molecule has 0 spiro atoms. The molecule has 0 aliphatic rings. The molecular weight excluding hydrogens is 266 g/mol. The van der Waals surface area contributed by atoms with Crippen molar-refractivity contribution in [1.82, 2.24) is 5.32 Å². The lowest BCUT2D eigenvalue weighted by atomic mass is 10.1. The van der Waals surface area contributed by atoms with Gasteiger partial charge >= 0.3 is 5.97 Å². The van der Waals surface area contributed by atoms with Crippen molar-refractivity contribution in [3.8, 4) is 0 Å². The Balaban J connectivity index is 2.81. The van der Waals surface area contributed by atoms with Crippen LogP contribution in [0.25, 0.3) is 0 Å². The highest BCUT2D eigenvalue weighted by atomic mass is 35.5. The number of carboxylic acid groups (broad SMARTS) is 1. The van der Waals surface area contributed by atoms with Crippen molar-refractivity contribution in [2.45, 2.75) is 39.2 Å². The van der Waals surface area contributed by atoms with Crippen LogP contribution in [0.15, 0.2) is 18.2 Å². The van der Waals surface area contributed by atoms with Crippen molar-refractivity contribution in [3.63, 3.8) is 0 Å². The molecule has 0 aliphatic heterocycles. The van der Waals surface area contributed by atoms with E-state index in [1.165, 1.54) is 0 Å². The summed E-state index contributed by atoms with van der Waals surface area (Å²) in [5, 5.41) is 12.1. The molecule has 0 aliphatic carbocycles. The van der Waals surface area contributed by atoms with E-state index in [2.05, 4.69) is 5.32 Å². The Morgan fingerprint density at radius 2 is 2.11 bits per heavy atom. The smallest absolute Gasteiger partial charge is 0.305 e. The molecule has 5 heteroatoms. The molecule has 4 nitrogen and oxygen atoms in total. The predicted molar refractivity (Wildman–Crippen MR) is 74.6 cm³/mol. The topological polar surface area (TPSA) is 66.4 Å². The number of hydrogen-bond acceptors (Lipinski definition) is 2. The minimum absolute atomic E-state index is 0.0702. The number of nitrogens with one attached hydrogen (secondary N) is 1. The largest absolute Gasteiger partial charge is 0.481 e. The minimum Gasteiger partial charge on any atom is -0.481 e. The fourth-order valence-corrected chi connectivity index (χ4v) is 2.08. The summed E-state index contributed by atoms with van der Waals surface area (Å²) in [4.78, 5) is 22.9. The summed E-state index contributed by atoms with van der Waals surface area (Å²) in [7, 11) is 0. The van der Waals surface area contributed by atoms with E-state index in [1.54, 1.807) is 25.1 Å². The first-order valence-corrected chi connectivity index (χ1v) is 6.61. The first-order chi connectivity index (χ1) is 8.95. The lowest BCUT2D eigenvalue weighted by molar-refractivity contribution is -0.137. The van der Waals surface area contributed by atoms with Gasteiger partial charge in [0.1, 0.15) is 0 Å². The van der Waals surface area contributed by atoms with Gasteiger partial charge in [-0.1, -0.05) is 31.0 Å². The first-order valence-electron chi connectivity index (χ1n) is 6.23. The molecule has 19 heavy (non-hydrogen) atoms. The van der Waals surface area contributed by atoms with Gasteiger partial charge in [0.25, 0.3) is 5.91 Å². The van der Waals surface area contributed by atoms with Crippen molar-refractivity contribution in [2.24, 2.45) is 0 Å². The molecule has 1 atom stereocenters. The number of carbonyl (C=O) groups is 2. The average Bonchev–Trinajstić information content (AvgIpc) is 2.32. The van der Waals surface area contributed by atoms with Gasteiger partial charge in [-0.25, -0.2) is 0 Å². The molecule has 1 aromatic carbocycles. The number of aliphatic carboxylic acids is 1. The summed E-state index contributed by atoms with van der Waals surface area (Å²) in [6.45, 7) is 3.72. The molecule has 0 fully saturated rings. The summed E-state index contributed by atoms with van der Waals surface area (Å²) < 4.78 is 0. The zero-order valence-corrected chi connectivity index (χ0v) is 11.8.